The third-order valence-electron chi connectivity index (χ3n) is 4.93. The number of hydrogen-bond acceptors (Lipinski definition) is 7. The number of anilines is 1. The minimum absolute atomic E-state index is 0.117. The van der Waals surface area contributed by atoms with Crippen LogP contribution in [0, 0.1) is 0 Å². The highest BCUT2D eigenvalue weighted by Crippen LogP contribution is 2.24. The molecule has 168 valence electrons. The summed E-state index contributed by atoms with van der Waals surface area (Å²) in [5.74, 6) is 0.776. The molecule has 1 aromatic heterocycles. The number of carbonyl (C=O) groups is 1. The highest BCUT2D eigenvalue weighted by Gasteiger charge is 2.14. The maximum absolute atomic E-state index is 12.2. The summed E-state index contributed by atoms with van der Waals surface area (Å²) < 4.78 is 1.98. The van der Waals surface area contributed by atoms with Gasteiger partial charge in [0.2, 0.25) is 0 Å². The molecular weight excluding hydrogens is 424 g/mol. The Morgan fingerprint density at radius 1 is 1.16 bits per heavy atom. The van der Waals surface area contributed by atoms with Crippen LogP contribution in [0.2, 0.25) is 0 Å². The van der Waals surface area contributed by atoms with E-state index in [-0.39, 0.29) is 17.4 Å². The zero-order valence-electron chi connectivity index (χ0n) is 18.5. The van der Waals surface area contributed by atoms with Gasteiger partial charge in [-0.15, -0.1) is 10.2 Å². The van der Waals surface area contributed by atoms with Gasteiger partial charge in [-0.05, 0) is 32.9 Å². The van der Waals surface area contributed by atoms with Crippen molar-refractivity contribution >= 4 is 29.6 Å². The first-order valence-corrected chi connectivity index (χ1v) is 11.6. The standard InChI is InChI=1S/C23H28N6O2S/c1-4-28(5-2)19-13-12-18(20(30)14-19)15-24-25-21(31)16-32-23-27-26-22(29(23)6-3)17-10-8-7-9-11-17/h7-15,30H,4-6,16H2,1-3H3,(H,25,31)/b24-15-. The summed E-state index contributed by atoms with van der Waals surface area (Å²) in [6, 6.07) is 15.2. The van der Waals surface area contributed by atoms with Crippen LogP contribution < -0.4 is 10.3 Å². The van der Waals surface area contributed by atoms with Crippen molar-refractivity contribution in [2.75, 3.05) is 23.7 Å². The van der Waals surface area contributed by atoms with Gasteiger partial charge < -0.3 is 14.6 Å². The monoisotopic (exact) mass is 452 g/mol. The smallest absolute Gasteiger partial charge is 0.250 e. The van der Waals surface area contributed by atoms with Crippen molar-refractivity contribution in [2.24, 2.45) is 5.10 Å². The van der Waals surface area contributed by atoms with Crippen molar-refractivity contribution in [3.8, 4) is 17.1 Å². The largest absolute Gasteiger partial charge is 0.507 e. The van der Waals surface area contributed by atoms with E-state index < -0.39 is 0 Å². The van der Waals surface area contributed by atoms with Crippen LogP contribution in [0.3, 0.4) is 0 Å². The van der Waals surface area contributed by atoms with E-state index in [2.05, 4.69) is 39.5 Å². The van der Waals surface area contributed by atoms with Gasteiger partial charge in [0.1, 0.15) is 5.75 Å². The molecule has 0 atom stereocenters. The molecule has 1 amide bonds. The van der Waals surface area contributed by atoms with Crippen LogP contribution in [0.25, 0.3) is 11.4 Å². The fraction of sp³-hybridized carbons (Fsp3) is 0.304. The third kappa shape index (κ3) is 5.67. The predicted molar refractivity (Wildman–Crippen MR) is 129 cm³/mol. The number of thioether (sulfide) groups is 1. The molecule has 0 radical (unpaired) electrons. The average Bonchev–Trinajstić information content (AvgIpc) is 3.23. The van der Waals surface area contributed by atoms with Gasteiger partial charge in [-0.2, -0.15) is 5.10 Å². The van der Waals surface area contributed by atoms with E-state index in [1.54, 1.807) is 12.1 Å². The minimum atomic E-state index is -0.266. The summed E-state index contributed by atoms with van der Waals surface area (Å²) in [7, 11) is 0. The van der Waals surface area contributed by atoms with Crippen molar-refractivity contribution in [2.45, 2.75) is 32.5 Å². The maximum atomic E-state index is 12.2. The lowest BCUT2D eigenvalue weighted by Gasteiger charge is -2.21. The van der Waals surface area contributed by atoms with Gasteiger partial charge in [0.15, 0.2) is 11.0 Å². The summed E-state index contributed by atoms with van der Waals surface area (Å²) in [6.07, 6.45) is 1.44. The molecule has 0 aliphatic rings. The van der Waals surface area contributed by atoms with Crippen molar-refractivity contribution in [3.63, 3.8) is 0 Å². The molecule has 0 bridgehead atoms. The van der Waals surface area contributed by atoms with Gasteiger partial charge in [-0.3, -0.25) is 4.79 Å². The van der Waals surface area contributed by atoms with Crippen molar-refractivity contribution in [1.82, 2.24) is 20.2 Å². The number of aromatic hydroxyl groups is 1. The number of amides is 1. The fourth-order valence-electron chi connectivity index (χ4n) is 3.24. The first-order chi connectivity index (χ1) is 15.6. The molecule has 8 nitrogen and oxygen atoms in total. The highest BCUT2D eigenvalue weighted by atomic mass is 32.2. The molecule has 0 saturated heterocycles. The molecule has 1 heterocycles. The van der Waals surface area contributed by atoms with Gasteiger partial charge in [-0.1, -0.05) is 42.1 Å². The normalized spacial score (nSPS) is 11.1. The van der Waals surface area contributed by atoms with Gasteiger partial charge in [0.05, 0.1) is 12.0 Å². The second-order valence-electron chi connectivity index (χ2n) is 6.91. The van der Waals surface area contributed by atoms with Gasteiger partial charge in [-0.25, -0.2) is 5.43 Å². The number of phenolic OH excluding ortho intramolecular Hbond substituents is 1. The molecule has 0 spiro atoms. The summed E-state index contributed by atoms with van der Waals surface area (Å²) in [5, 5.41) is 23.4. The number of nitrogens with one attached hydrogen (secondary N) is 1. The molecule has 32 heavy (non-hydrogen) atoms. The number of rotatable bonds is 10. The second kappa shape index (κ2) is 11.3. The number of benzene rings is 2. The molecule has 9 heteroatoms. The predicted octanol–water partition coefficient (Wildman–Crippen LogP) is 3.76. The maximum Gasteiger partial charge on any atom is 0.250 e. The first-order valence-electron chi connectivity index (χ1n) is 10.6. The zero-order chi connectivity index (χ0) is 22.9. The summed E-state index contributed by atoms with van der Waals surface area (Å²) in [4.78, 5) is 14.4. The molecule has 0 fully saturated rings. The van der Waals surface area contributed by atoms with E-state index >= 15 is 0 Å². The van der Waals surface area contributed by atoms with Crippen LogP contribution in [0.15, 0.2) is 58.8 Å². The highest BCUT2D eigenvalue weighted by molar-refractivity contribution is 7.99. The quantitative estimate of drug-likeness (QED) is 0.276. The van der Waals surface area contributed by atoms with E-state index in [0.717, 1.165) is 30.2 Å². The van der Waals surface area contributed by atoms with E-state index in [0.29, 0.717) is 17.3 Å². The molecular formula is C23H28N6O2S. The van der Waals surface area contributed by atoms with E-state index in [1.165, 1.54) is 18.0 Å². The number of hydrazone groups is 1. The van der Waals surface area contributed by atoms with Gasteiger partial charge >= 0.3 is 0 Å². The van der Waals surface area contributed by atoms with Gasteiger partial charge in [0.25, 0.3) is 5.91 Å². The summed E-state index contributed by atoms with van der Waals surface area (Å²) in [6.45, 7) is 8.56. The summed E-state index contributed by atoms with van der Waals surface area (Å²) in [5.41, 5.74) is 4.95. The number of hydrogen-bond donors (Lipinski definition) is 2. The third-order valence-corrected chi connectivity index (χ3v) is 5.90. The van der Waals surface area contributed by atoms with Crippen LogP contribution in [0.1, 0.15) is 26.3 Å². The van der Waals surface area contributed by atoms with E-state index in [4.69, 9.17) is 0 Å². The van der Waals surface area contributed by atoms with Crippen molar-refractivity contribution < 1.29 is 9.90 Å². The lowest BCUT2D eigenvalue weighted by molar-refractivity contribution is -0.118. The van der Waals surface area contributed by atoms with Crippen LogP contribution in [0.4, 0.5) is 5.69 Å². The van der Waals surface area contributed by atoms with Crippen molar-refractivity contribution in [1.29, 1.82) is 0 Å². The second-order valence-corrected chi connectivity index (χ2v) is 7.86. The van der Waals surface area contributed by atoms with Crippen LogP contribution in [-0.4, -0.2) is 50.8 Å². The molecule has 0 aliphatic heterocycles. The number of phenols is 1. The molecule has 0 aliphatic carbocycles. The SMILES string of the molecule is CCN(CC)c1ccc(/C=N\NC(=O)CSc2nnc(-c3ccccc3)n2CC)c(O)c1. The van der Waals surface area contributed by atoms with Crippen LogP contribution >= 0.6 is 11.8 Å². The fourth-order valence-corrected chi connectivity index (χ4v) is 4.04. The average molecular weight is 453 g/mol. The lowest BCUT2D eigenvalue weighted by atomic mass is 10.2. The van der Waals surface area contributed by atoms with Crippen molar-refractivity contribution in [3.05, 3.63) is 54.1 Å². The first kappa shape index (κ1) is 23.3. The number of carbonyl (C=O) groups excluding carboxylic acids is 1. The Balaban J connectivity index is 1.57. The molecule has 0 unspecified atom stereocenters. The number of aromatic nitrogens is 3. The van der Waals surface area contributed by atoms with E-state index in [9.17, 15) is 9.90 Å². The van der Waals surface area contributed by atoms with Crippen LogP contribution in [0.5, 0.6) is 5.75 Å². The molecule has 0 saturated carbocycles. The Labute approximate surface area is 192 Å². The van der Waals surface area contributed by atoms with Gasteiger partial charge in [0, 0.05) is 42.5 Å². The Morgan fingerprint density at radius 3 is 2.56 bits per heavy atom. The summed E-state index contributed by atoms with van der Waals surface area (Å²) >= 11 is 1.30. The Kier molecular flexibility index (Phi) is 8.27. The van der Waals surface area contributed by atoms with E-state index in [1.807, 2.05) is 47.9 Å². The Morgan fingerprint density at radius 2 is 1.91 bits per heavy atom. The molecule has 3 aromatic rings. The zero-order valence-corrected chi connectivity index (χ0v) is 19.3. The van der Waals surface area contributed by atoms with Crippen LogP contribution in [-0.2, 0) is 11.3 Å². The number of nitrogens with zero attached hydrogens (tertiary/aromatic N) is 5. The molecule has 2 N–H and O–H groups in total. The Bertz CT molecular complexity index is 1060. The minimum Gasteiger partial charge on any atom is -0.507 e. The lowest BCUT2D eigenvalue weighted by Crippen LogP contribution is -2.21. The molecule has 2 aromatic carbocycles. The topological polar surface area (TPSA) is 95.6 Å². The Hall–Kier alpha value is -3.33. The molecule has 3 rings (SSSR count).